The summed E-state index contributed by atoms with van der Waals surface area (Å²) in [6.07, 6.45) is 5.78. The average Bonchev–Trinajstić information content (AvgIpc) is 2.35. The van der Waals surface area contributed by atoms with Crippen molar-refractivity contribution in [3.8, 4) is 0 Å². The third-order valence-electron chi connectivity index (χ3n) is 2.55. The van der Waals surface area contributed by atoms with Crippen LogP contribution in [-0.2, 0) is 13.0 Å². The van der Waals surface area contributed by atoms with E-state index in [0.29, 0.717) is 19.6 Å². The van der Waals surface area contributed by atoms with Crippen LogP contribution < -0.4 is 5.32 Å². The second-order valence-corrected chi connectivity index (χ2v) is 3.64. The van der Waals surface area contributed by atoms with Crippen LogP contribution in [0.2, 0.25) is 0 Å². The summed E-state index contributed by atoms with van der Waals surface area (Å²) >= 11 is 0. The highest BCUT2D eigenvalue weighted by Gasteiger charge is 2.20. The normalized spacial score (nSPS) is 14.1. The summed E-state index contributed by atoms with van der Waals surface area (Å²) in [6, 6.07) is -0.0607. The Morgan fingerprint density at radius 2 is 2.56 bits per heavy atom. The van der Waals surface area contributed by atoms with Gasteiger partial charge in [0.15, 0.2) is 0 Å². The maximum atomic E-state index is 11.7. The first kappa shape index (κ1) is 10.6. The van der Waals surface area contributed by atoms with Gasteiger partial charge >= 0.3 is 6.03 Å². The monoisotopic (exact) mass is 218 g/mol. The molecular weight excluding hydrogens is 204 g/mol. The number of nitrogens with one attached hydrogen (secondary N) is 1. The SMILES string of the molecule is C=CCNC(=O)N1CCc2ncncc2C1. The molecule has 0 atom stereocenters. The molecule has 0 fully saturated rings. The lowest BCUT2D eigenvalue weighted by atomic mass is 10.1. The van der Waals surface area contributed by atoms with Crippen LogP contribution in [0.15, 0.2) is 25.2 Å². The van der Waals surface area contributed by atoms with Gasteiger partial charge in [-0.1, -0.05) is 6.08 Å². The molecule has 2 amide bonds. The van der Waals surface area contributed by atoms with Crippen LogP contribution >= 0.6 is 0 Å². The molecule has 0 saturated heterocycles. The Labute approximate surface area is 94.2 Å². The summed E-state index contributed by atoms with van der Waals surface area (Å²) in [7, 11) is 0. The van der Waals surface area contributed by atoms with Gasteiger partial charge in [-0.2, -0.15) is 0 Å². The van der Waals surface area contributed by atoms with Crippen molar-refractivity contribution in [2.45, 2.75) is 13.0 Å². The highest BCUT2D eigenvalue weighted by Crippen LogP contribution is 2.14. The van der Waals surface area contributed by atoms with Gasteiger partial charge in [-0.05, 0) is 0 Å². The molecule has 0 radical (unpaired) electrons. The first-order valence-electron chi connectivity index (χ1n) is 5.22. The molecule has 84 valence electrons. The number of aromatic nitrogens is 2. The predicted octanol–water partition coefficient (Wildman–Crippen LogP) is 0.730. The maximum Gasteiger partial charge on any atom is 0.317 e. The number of amides is 2. The van der Waals surface area contributed by atoms with Gasteiger partial charge in [-0.15, -0.1) is 6.58 Å². The molecule has 0 unspecified atom stereocenters. The molecule has 2 heterocycles. The van der Waals surface area contributed by atoms with E-state index in [-0.39, 0.29) is 6.03 Å². The summed E-state index contributed by atoms with van der Waals surface area (Å²) in [6.45, 7) is 5.34. The molecule has 16 heavy (non-hydrogen) atoms. The fourth-order valence-electron chi connectivity index (χ4n) is 1.71. The van der Waals surface area contributed by atoms with Crippen molar-refractivity contribution in [3.63, 3.8) is 0 Å². The zero-order chi connectivity index (χ0) is 11.4. The molecule has 1 aromatic heterocycles. The standard InChI is InChI=1S/C11H14N4O/c1-2-4-13-11(16)15-5-3-10-9(7-15)6-12-8-14-10/h2,6,8H,1,3-5,7H2,(H,13,16). The van der Waals surface area contributed by atoms with E-state index in [9.17, 15) is 4.79 Å². The maximum absolute atomic E-state index is 11.7. The van der Waals surface area contributed by atoms with E-state index < -0.39 is 0 Å². The summed E-state index contributed by atoms with van der Waals surface area (Å²) in [5, 5.41) is 2.76. The molecule has 1 N–H and O–H groups in total. The quantitative estimate of drug-likeness (QED) is 0.744. The summed E-state index contributed by atoms with van der Waals surface area (Å²) in [4.78, 5) is 21.6. The van der Waals surface area contributed by atoms with Gasteiger partial charge < -0.3 is 10.2 Å². The predicted molar refractivity (Wildman–Crippen MR) is 59.7 cm³/mol. The first-order chi connectivity index (χ1) is 7.81. The van der Waals surface area contributed by atoms with Crippen LogP contribution in [-0.4, -0.2) is 34.0 Å². The molecule has 0 saturated carbocycles. The topological polar surface area (TPSA) is 58.1 Å². The smallest absolute Gasteiger partial charge is 0.317 e. The Bertz CT molecular complexity index is 405. The van der Waals surface area contributed by atoms with Crippen LogP contribution in [0.25, 0.3) is 0 Å². The van der Waals surface area contributed by atoms with Crippen molar-refractivity contribution < 1.29 is 4.79 Å². The van der Waals surface area contributed by atoms with Crippen molar-refractivity contribution in [2.75, 3.05) is 13.1 Å². The molecule has 5 heteroatoms. The second-order valence-electron chi connectivity index (χ2n) is 3.64. The Kier molecular flexibility index (Phi) is 3.14. The van der Waals surface area contributed by atoms with Gasteiger partial charge in [0, 0.05) is 31.3 Å². The molecule has 1 aliphatic heterocycles. The van der Waals surface area contributed by atoms with Crippen molar-refractivity contribution in [2.24, 2.45) is 0 Å². The molecule has 1 aromatic rings. The number of carbonyl (C=O) groups excluding carboxylic acids is 1. The molecule has 5 nitrogen and oxygen atoms in total. The molecule has 1 aliphatic rings. The highest BCUT2D eigenvalue weighted by molar-refractivity contribution is 5.74. The lowest BCUT2D eigenvalue weighted by Crippen LogP contribution is -2.43. The molecule has 0 aliphatic carbocycles. The van der Waals surface area contributed by atoms with Crippen LogP contribution in [0.4, 0.5) is 4.79 Å². The Morgan fingerprint density at radius 3 is 3.38 bits per heavy atom. The number of hydrogen-bond donors (Lipinski definition) is 1. The molecule has 2 rings (SSSR count). The number of hydrogen-bond acceptors (Lipinski definition) is 3. The minimum atomic E-state index is -0.0607. The van der Waals surface area contributed by atoms with E-state index in [4.69, 9.17) is 0 Å². The zero-order valence-electron chi connectivity index (χ0n) is 9.02. The van der Waals surface area contributed by atoms with Crippen molar-refractivity contribution in [3.05, 3.63) is 36.4 Å². The molecule has 0 spiro atoms. The Morgan fingerprint density at radius 1 is 1.69 bits per heavy atom. The van der Waals surface area contributed by atoms with Crippen molar-refractivity contribution in [1.29, 1.82) is 0 Å². The van der Waals surface area contributed by atoms with Gasteiger partial charge in [-0.25, -0.2) is 14.8 Å². The van der Waals surface area contributed by atoms with Crippen LogP contribution in [0, 0.1) is 0 Å². The fourth-order valence-corrected chi connectivity index (χ4v) is 1.71. The fraction of sp³-hybridized carbons (Fsp3) is 0.364. The lowest BCUT2D eigenvalue weighted by molar-refractivity contribution is 0.193. The third-order valence-corrected chi connectivity index (χ3v) is 2.55. The van der Waals surface area contributed by atoms with E-state index in [1.54, 1.807) is 23.5 Å². The number of rotatable bonds is 2. The van der Waals surface area contributed by atoms with E-state index >= 15 is 0 Å². The van der Waals surface area contributed by atoms with Crippen LogP contribution in [0.5, 0.6) is 0 Å². The van der Waals surface area contributed by atoms with E-state index in [1.165, 1.54) is 0 Å². The van der Waals surface area contributed by atoms with E-state index in [2.05, 4.69) is 21.9 Å². The molecule has 0 aromatic carbocycles. The van der Waals surface area contributed by atoms with Gasteiger partial charge in [0.2, 0.25) is 0 Å². The van der Waals surface area contributed by atoms with E-state index in [1.807, 2.05) is 0 Å². The molecule has 0 bridgehead atoms. The Balaban J connectivity index is 2.02. The largest absolute Gasteiger partial charge is 0.335 e. The van der Waals surface area contributed by atoms with Gasteiger partial charge in [0.1, 0.15) is 6.33 Å². The average molecular weight is 218 g/mol. The Hall–Kier alpha value is -1.91. The second kappa shape index (κ2) is 4.74. The van der Waals surface area contributed by atoms with E-state index in [0.717, 1.165) is 17.7 Å². The van der Waals surface area contributed by atoms with Crippen molar-refractivity contribution >= 4 is 6.03 Å². The zero-order valence-corrected chi connectivity index (χ0v) is 9.02. The summed E-state index contributed by atoms with van der Waals surface area (Å²) in [5.41, 5.74) is 2.07. The third kappa shape index (κ3) is 2.18. The van der Waals surface area contributed by atoms with Gasteiger partial charge in [0.05, 0.1) is 12.2 Å². The van der Waals surface area contributed by atoms with Crippen molar-refractivity contribution in [1.82, 2.24) is 20.2 Å². The van der Waals surface area contributed by atoms with Crippen LogP contribution in [0.1, 0.15) is 11.3 Å². The number of fused-ring (bicyclic) bond motifs is 1. The van der Waals surface area contributed by atoms with Gasteiger partial charge in [0.25, 0.3) is 0 Å². The summed E-state index contributed by atoms with van der Waals surface area (Å²) < 4.78 is 0. The highest BCUT2D eigenvalue weighted by atomic mass is 16.2. The lowest BCUT2D eigenvalue weighted by Gasteiger charge is -2.27. The summed E-state index contributed by atoms with van der Waals surface area (Å²) in [5.74, 6) is 0. The number of urea groups is 1. The number of carbonyl (C=O) groups is 1. The minimum absolute atomic E-state index is 0.0607. The number of nitrogens with zero attached hydrogens (tertiary/aromatic N) is 3. The molecular formula is C11H14N4O. The van der Waals surface area contributed by atoms with Crippen LogP contribution in [0.3, 0.4) is 0 Å². The minimum Gasteiger partial charge on any atom is -0.335 e. The van der Waals surface area contributed by atoms with Gasteiger partial charge in [-0.3, -0.25) is 0 Å². The first-order valence-corrected chi connectivity index (χ1v) is 5.22.